The van der Waals surface area contributed by atoms with Crippen molar-refractivity contribution in [2.24, 2.45) is 0 Å². The van der Waals surface area contributed by atoms with Crippen molar-refractivity contribution < 1.29 is 0 Å². The Bertz CT molecular complexity index is 543. The van der Waals surface area contributed by atoms with Gasteiger partial charge in [0.15, 0.2) is 0 Å². The van der Waals surface area contributed by atoms with Gasteiger partial charge in [-0.2, -0.15) is 5.10 Å². The molecule has 1 atom stereocenters. The number of hydrogen-bond donors (Lipinski definition) is 1. The molecule has 0 spiro atoms. The first-order valence-electron chi connectivity index (χ1n) is 6.92. The van der Waals surface area contributed by atoms with Crippen LogP contribution in [0.3, 0.4) is 0 Å². The topological polar surface area (TPSA) is 42.7 Å². The van der Waals surface area contributed by atoms with Crippen LogP contribution in [-0.2, 0) is 0 Å². The fourth-order valence-corrected chi connectivity index (χ4v) is 2.42. The molecule has 19 heavy (non-hydrogen) atoms. The molecular weight excluding hydrogens is 236 g/mol. The zero-order valence-corrected chi connectivity index (χ0v) is 11.5. The molecule has 0 radical (unpaired) electrons. The van der Waals surface area contributed by atoms with E-state index in [1.54, 1.807) is 0 Å². The molecule has 3 rings (SSSR count). The monoisotopic (exact) mass is 256 g/mol. The van der Waals surface area contributed by atoms with Crippen molar-refractivity contribution in [3.05, 3.63) is 47.5 Å². The van der Waals surface area contributed by atoms with Crippen LogP contribution in [0.5, 0.6) is 0 Å². The Kier molecular flexibility index (Phi) is 3.34. The van der Waals surface area contributed by atoms with E-state index < -0.39 is 0 Å². The van der Waals surface area contributed by atoms with Crippen molar-refractivity contribution in [1.82, 2.24) is 20.1 Å². The molecule has 1 unspecified atom stereocenters. The van der Waals surface area contributed by atoms with Crippen LogP contribution < -0.4 is 5.32 Å². The largest absolute Gasteiger partial charge is 0.312 e. The van der Waals surface area contributed by atoms with Gasteiger partial charge < -0.3 is 5.32 Å². The highest BCUT2D eigenvalue weighted by molar-refractivity contribution is 5.20. The van der Waals surface area contributed by atoms with Gasteiger partial charge in [0.2, 0.25) is 0 Å². The summed E-state index contributed by atoms with van der Waals surface area (Å²) in [6.07, 6.45) is 2.60. The average molecular weight is 256 g/mol. The molecule has 100 valence electrons. The van der Waals surface area contributed by atoms with Crippen molar-refractivity contribution in [1.29, 1.82) is 0 Å². The number of aryl methyl sites for hydroxylation is 2. The third-order valence-corrected chi connectivity index (χ3v) is 3.56. The minimum atomic E-state index is 0.225. The van der Waals surface area contributed by atoms with Crippen molar-refractivity contribution in [3.63, 3.8) is 0 Å². The summed E-state index contributed by atoms with van der Waals surface area (Å²) in [5.41, 5.74) is 1.28. The summed E-state index contributed by atoms with van der Waals surface area (Å²) >= 11 is 0. The van der Waals surface area contributed by atoms with Crippen LogP contribution in [0.15, 0.2) is 30.3 Å². The van der Waals surface area contributed by atoms with Crippen LogP contribution in [0.2, 0.25) is 0 Å². The van der Waals surface area contributed by atoms with Gasteiger partial charge in [0.05, 0.1) is 6.04 Å². The number of rotatable bonds is 5. The Labute approximate surface area is 113 Å². The second-order valence-corrected chi connectivity index (χ2v) is 5.26. The summed E-state index contributed by atoms with van der Waals surface area (Å²) in [5.74, 6) is 1.81. The van der Waals surface area contributed by atoms with Crippen LogP contribution >= 0.6 is 0 Å². The minimum absolute atomic E-state index is 0.225. The van der Waals surface area contributed by atoms with E-state index in [4.69, 9.17) is 0 Å². The fourth-order valence-electron chi connectivity index (χ4n) is 2.42. The molecule has 1 aromatic heterocycles. The molecule has 1 aliphatic rings. The second-order valence-electron chi connectivity index (χ2n) is 5.26. The smallest absolute Gasteiger partial charge is 0.147 e. The van der Waals surface area contributed by atoms with Gasteiger partial charge in [-0.05, 0) is 32.3 Å². The highest BCUT2D eigenvalue weighted by atomic mass is 15.4. The Morgan fingerprint density at radius 2 is 2.00 bits per heavy atom. The maximum Gasteiger partial charge on any atom is 0.147 e. The molecule has 1 fully saturated rings. The first-order chi connectivity index (χ1) is 9.24. The van der Waals surface area contributed by atoms with Gasteiger partial charge in [-0.3, -0.25) is 0 Å². The van der Waals surface area contributed by atoms with Crippen molar-refractivity contribution in [2.45, 2.75) is 38.8 Å². The van der Waals surface area contributed by atoms with Crippen LogP contribution in [-0.4, -0.2) is 27.4 Å². The van der Waals surface area contributed by atoms with Gasteiger partial charge in [0, 0.05) is 12.6 Å². The molecule has 4 nitrogen and oxygen atoms in total. The Balaban J connectivity index is 1.88. The van der Waals surface area contributed by atoms with Crippen molar-refractivity contribution >= 4 is 0 Å². The van der Waals surface area contributed by atoms with E-state index in [-0.39, 0.29) is 6.04 Å². The molecule has 0 amide bonds. The number of benzene rings is 1. The van der Waals surface area contributed by atoms with Gasteiger partial charge in [-0.15, -0.1) is 0 Å². The predicted octanol–water partition coefficient (Wildman–Crippen LogP) is 2.24. The van der Waals surface area contributed by atoms with E-state index in [9.17, 15) is 0 Å². The van der Waals surface area contributed by atoms with E-state index in [1.165, 1.54) is 18.4 Å². The quantitative estimate of drug-likeness (QED) is 0.892. The van der Waals surface area contributed by atoms with E-state index >= 15 is 0 Å². The summed E-state index contributed by atoms with van der Waals surface area (Å²) in [4.78, 5) is 4.42. The van der Waals surface area contributed by atoms with Crippen LogP contribution in [0, 0.1) is 13.8 Å². The molecule has 4 heteroatoms. The predicted molar refractivity (Wildman–Crippen MR) is 75.1 cm³/mol. The van der Waals surface area contributed by atoms with Crippen molar-refractivity contribution in [3.8, 4) is 0 Å². The first kappa shape index (κ1) is 12.4. The normalized spacial score (nSPS) is 16.5. The van der Waals surface area contributed by atoms with Gasteiger partial charge in [0.1, 0.15) is 11.6 Å². The van der Waals surface area contributed by atoms with Gasteiger partial charge in [-0.25, -0.2) is 9.67 Å². The zero-order chi connectivity index (χ0) is 13.2. The molecular formula is C15H20N4. The van der Waals surface area contributed by atoms with Gasteiger partial charge in [-0.1, -0.05) is 30.3 Å². The van der Waals surface area contributed by atoms with Crippen molar-refractivity contribution in [2.75, 3.05) is 6.54 Å². The van der Waals surface area contributed by atoms with Gasteiger partial charge in [0.25, 0.3) is 0 Å². The molecule has 2 aromatic rings. The molecule has 0 bridgehead atoms. The molecule has 1 saturated carbocycles. The highest BCUT2D eigenvalue weighted by Gasteiger charge is 2.24. The lowest BCUT2D eigenvalue weighted by Crippen LogP contribution is -2.29. The third-order valence-electron chi connectivity index (χ3n) is 3.56. The zero-order valence-electron chi connectivity index (χ0n) is 11.5. The number of hydrogen-bond acceptors (Lipinski definition) is 3. The number of nitrogens with one attached hydrogen (secondary N) is 1. The maximum atomic E-state index is 4.55. The summed E-state index contributed by atoms with van der Waals surface area (Å²) in [7, 11) is 0. The number of aromatic nitrogens is 3. The summed E-state index contributed by atoms with van der Waals surface area (Å²) in [6.45, 7) is 4.88. The summed E-state index contributed by atoms with van der Waals surface area (Å²) < 4.78 is 2.04. The first-order valence-corrected chi connectivity index (χ1v) is 6.92. The maximum absolute atomic E-state index is 4.55. The van der Waals surface area contributed by atoms with Gasteiger partial charge >= 0.3 is 0 Å². The van der Waals surface area contributed by atoms with E-state index in [0.29, 0.717) is 6.04 Å². The Hall–Kier alpha value is -1.68. The van der Waals surface area contributed by atoms with E-state index in [0.717, 1.165) is 18.2 Å². The molecule has 1 aliphatic carbocycles. The molecule has 0 saturated heterocycles. The molecule has 1 heterocycles. The number of nitrogens with zero attached hydrogens (tertiary/aromatic N) is 3. The Morgan fingerprint density at radius 3 is 2.58 bits per heavy atom. The highest BCUT2D eigenvalue weighted by Crippen LogP contribution is 2.22. The third kappa shape index (κ3) is 2.84. The molecule has 0 aliphatic heterocycles. The lowest BCUT2D eigenvalue weighted by Gasteiger charge is -2.19. The molecule has 1 N–H and O–H groups in total. The Morgan fingerprint density at radius 1 is 1.26 bits per heavy atom. The average Bonchev–Trinajstić information content (AvgIpc) is 3.17. The van der Waals surface area contributed by atoms with E-state index in [1.807, 2.05) is 24.6 Å². The lowest BCUT2D eigenvalue weighted by molar-refractivity contribution is 0.467. The fraction of sp³-hybridized carbons (Fsp3) is 0.467. The van der Waals surface area contributed by atoms with E-state index in [2.05, 4.69) is 39.7 Å². The second kappa shape index (κ2) is 5.13. The van der Waals surface area contributed by atoms with Crippen LogP contribution in [0.25, 0.3) is 0 Å². The SMILES string of the molecule is Cc1nc(C)n(C(CNC2CC2)c2ccccc2)n1. The van der Waals surface area contributed by atoms with Crippen LogP contribution in [0.4, 0.5) is 0 Å². The summed E-state index contributed by atoms with van der Waals surface area (Å²) in [6, 6.07) is 11.5. The van der Waals surface area contributed by atoms with Crippen LogP contribution in [0.1, 0.15) is 36.1 Å². The standard InChI is InChI=1S/C15H20N4/c1-11-17-12(2)19(18-11)15(10-16-14-8-9-14)13-6-4-3-5-7-13/h3-7,14-16H,8-10H2,1-2H3. The summed E-state index contributed by atoms with van der Waals surface area (Å²) in [5, 5.41) is 8.15. The minimum Gasteiger partial charge on any atom is -0.312 e. The lowest BCUT2D eigenvalue weighted by atomic mass is 10.1. The molecule has 1 aromatic carbocycles.